The third-order valence-electron chi connectivity index (χ3n) is 2.97. The number of hydrogen-bond acceptors (Lipinski definition) is 4. The Morgan fingerprint density at radius 3 is 1.14 bits per heavy atom. The van der Waals surface area contributed by atoms with Gasteiger partial charge in [0.15, 0.2) is 0 Å². The summed E-state index contributed by atoms with van der Waals surface area (Å²) in [6.07, 6.45) is 13.1. The molecule has 0 saturated heterocycles. The molecule has 0 spiro atoms. The first kappa shape index (κ1) is 26.4. The van der Waals surface area contributed by atoms with Crippen LogP contribution in [0.15, 0.2) is 0 Å². The summed E-state index contributed by atoms with van der Waals surface area (Å²) in [5.74, 6) is 0. The number of thiocarbonyl (C=S) groups is 2. The zero-order valence-electron chi connectivity index (χ0n) is 13.8. The van der Waals surface area contributed by atoms with Crippen LogP contribution >= 0.6 is 24.4 Å². The molecule has 0 N–H and O–H groups in total. The summed E-state index contributed by atoms with van der Waals surface area (Å²) in [5.41, 5.74) is 0. The first-order chi connectivity index (χ1) is 9.54. The van der Waals surface area contributed by atoms with Crippen molar-refractivity contribution in [2.45, 2.75) is 90.9 Å². The van der Waals surface area contributed by atoms with Crippen molar-refractivity contribution in [3.05, 3.63) is 0 Å². The molecule has 0 heterocycles. The maximum absolute atomic E-state index is 10.3. The molecule has 0 saturated carbocycles. The summed E-state index contributed by atoms with van der Waals surface area (Å²) in [6, 6.07) is 0. The van der Waals surface area contributed by atoms with E-state index < -0.39 is 0 Å². The van der Waals surface area contributed by atoms with Gasteiger partial charge in [-0.2, -0.15) is 0 Å². The standard InChI is InChI=1S/2C8H16OS.Mg/c2*1-2-3-4-5-6-7-8(9)10;/h2*2-7H2,1H3,(H,9,10);/q;;+2/p-2. The van der Waals surface area contributed by atoms with Crippen molar-refractivity contribution in [2.24, 2.45) is 0 Å². The van der Waals surface area contributed by atoms with Gasteiger partial charge in [-0.3, -0.25) is 0 Å². The Hall–Kier alpha value is 0.546. The maximum Gasteiger partial charge on any atom is 2.00 e. The summed E-state index contributed by atoms with van der Waals surface area (Å²) >= 11 is 8.84. The van der Waals surface area contributed by atoms with Crippen molar-refractivity contribution in [2.75, 3.05) is 0 Å². The molecule has 21 heavy (non-hydrogen) atoms. The third kappa shape index (κ3) is 33.4. The first-order valence-electron chi connectivity index (χ1n) is 7.94. The maximum atomic E-state index is 10.3. The molecule has 0 rings (SSSR count). The van der Waals surface area contributed by atoms with Crippen LogP contribution in [0.25, 0.3) is 0 Å². The van der Waals surface area contributed by atoms with Crippen molar-refractivity contribution < 1.29 is 10.2 Å². The molecule has 0 aliphatic carbocycles. The Labute approximate surface area is 158 Å². The summed E-state index contributed by atoms with van der Waals surface area (Å²) in [6.45, 7) is 4.36. The molecule has 0 bridgehead atoms. The van der Waals surface area contributed by atoms with E-state index in [1.54, 1.807) is 0 Å². The van der Waals surface area contributed by atoms with Crippen molar-refractivity contribution in [1.82, 2.24) is 0 Å². The number of hydrogen-bond donors (Lipinski definition) is 0. The van der Waals surface area contributed by atoms with Crippen LogP contribution in [0.3, 0.4) is 0 Å². The molecular weight excluding hydrogens is 313 g/mol. The van der Waals surface area contributed by atoms with Crippen molar-refractivity contribution >= 4 is 57.6 Å². The molecule has 120 valence electrons. The largest absolute Gasteiger partial charge is 2.00 e. The van der Waals surface area contributed by atoms with E-state index in [1.165, 1.54) is 38.5 Å². The van der Waals surface area contributed by atoms with E-state index in [-0.39, 0.29) is 33.2 Å². The monoisotopic (exact) mass is 342 g/mol. The van der Waals surface area contributed by atoms with Gasteiger partial charge in [0.05, 0.1) is 0 Å². The third-order valence-corrected chi connectivity index (χ3v) is 3.38. The minimum Gasteiger partial charge on any atom is -0.867 e. The summed E-state index contributed by atoms with van der Waals surface area (Å²) < 4.78 is 0. The van der Waals surface area contributed by atoms with Gasteiger partial charge in [-0.15, -0.1) is 24.4 Å². The van der Waals surface area contributed by atoms with E-state index in [0.717, 1.165) is 25.7 Å². The topological polar surface area (TPSA) is 46.1 Å². The SMILES string of the molecule is CCCCCCCC([O-])=S.CCCCCCCC([O-])=S.[Mg+2]. The van der Waals surface area contributed by atoms with E-state index in [9.17, 15) is 10.2 Å². The molecule has 0 aromatic rings. The fraction of sp³-hybridized carbons (Fsp3) is 0.875. The molecule has 0 fully saturated rings. The van der Waals surface area contributed by atoms with E-state index in [0.29, 0.717) is 12.8 Å². The van der Waals surface area contributed by atoms with Gasteiger partial charge in [0.2, 0.25) is 0 Å². The Balaban J connectivity index is -0.000000295. The Bertz CT molecular complexity index is 212. The van der Waals surface area contributed by atoms with E-state index in [1.807, 2.05) is 0 Å². The second kappa shape index (κ2) is 22.8. The molecule has 0 amide bonds. The predicted molar refractivity (Wildman–Crippen MR) is 97.7 cm³/mol. The van der Waals surface area contributed by atoms with Crippen LogP contribution in [-0.2, 0) is 0 Å². The predicted octanol–water partition coefficient (Wildman–Crippen LogP) is 3.69. The van der Waals surface area contributed by atoms with Crippen molar-refractivity contribution in [3.63, 3.8) is 0 Å². The fourth-order valence-electron chi connectivity index (χ4n) is 1.75. The second-order valence-electron chi connectivity index (χ2n) is 5.07. The molecule has 2 nitrogen and oxygen atoms in total. The Morgan fingerprint density at radius 1 is 0.619 bits per heavy atom. The van der Waals surface area contributed by atoms with E-state index in [2.05, 4.69) is 38.3 Å². The van der Waals surface area contributed by atoms with E-state index in [4.69, 9.17) is 0 Å². The van der Waals surface area contributed by atoms with Gasteiger partial charge in [-0.1, -0.05) is 75.3 Å². The van der Waals surface area contributed by atoms with Crippen LogP contribution in [-0.4, -0.2) is 33.2 Å². The average molecular weight is 343 g/mol. The van der Waals surface area contributed by atoms with Crippen molar-refractivity contribution in [1.29, 1.82) is 0 Å². The summed E-state index contributed by atoms with van der Waals surface area (Å²) in [4.78, 5) is 0. The van der Waals surface area contributed by atoms with Crippen molar-refractivity contribution in [3.8, 4) is 0 Å². The molecule has 0 aromatic heterocycles. The molecule has 0 radical (unpaired) electrons. The zero-order chi connectivity index (χ0) is 15.6. The van der Waals surface area contributed by atoms with Crippen LogP contribution in [0, 0.1) is 0 Å². The smallest absolute Gasteiger partial charge is 0.867 e. The van der Waals surface area contributed by atoms with Crippen LogP contribution in [0.4, 0.5) is 0 Å². The number of unbranched alkanes of at least 4 members (excludes halogenated alkanes) is 8. The Kier molecular flexibility index (Phi) is 28.7. The molecule has 0 aliphatic rings. The minimum atomic E-state index is -0.0866. The normalized spacial score (nSPS) is 9.24. The molecule has 0 atom stereocenters. The summed E-state index contributed by atoms with van der Waals surface area (Å²) in [5, 5.41) is 20.4. The zero-order valence-corrected chi connectivity index (χ0v) is 16.9. The quantitative estimate of drug-likeness (QED) is 0.308. The van der Waals surface area contributed by atoms with Gasteiger partial charge in [0.1, 0.15) is 0 Å². The molecule has 0 aliphatic heterocycles. The van der Waals surface area contributed by atoms with Crippen LogP contribution in [0.5, 0.6) is 0 Å². The van der Waals surface area contributed by atoms with E-state index >= 15 is 0 Å². The number of rotatable bonds is 12. The summed E-state index contributed by atoms with van der Waals surface area (Å²) in [7, 11) is 0. The molecular formula is C16H30MgO2S2. The minimum absolute atomic E-state index is 0. The average Bonchev–Trinajstić information content (AvgIpc) is 2.38. The molecule has 0 unspecified atom stereocenters. The molecule has 0 aromatic carbocycles. The van der Waals surface area contributed by atoms with Gasteiger partial charge in [0, 0.05) is 0 Å². The molecule has 5 heteroatoms. The fourth-order valence-corrected chi connectivity index (χ4v) is 2.03. The van der Waals surface area contributed by atoms with Gasteiger partial charge in [-0.25, -0.2) is 0 Å². The second-order valence-corrected chi connectivity index (χ2v) is 5.98. The Morgan fingerprint density at radius 2 is 0.905 bits per heavy atom. The first-order valence-corrected chi connectivity index (χ1v) is 8.75. The van der Waals surface area contributed by atoms with Gasteiger partial charge < -0.3 is 10.2 Å². The van der Waals surface area contributed by atoms with Gasteiger partial charge in [0.25, 0.3) is 0 Å². The van der Waals surface area contributed by atoms with Crippen LogP contribution < -0.4 is 10.2 Å². The van der Waals surface area contributed by atoms with Gasteiger partial charge in [-0.05, 0) is 25.7 Å². The van der Waals surface area contributed by atoms with Crippen LogP contribution in [0.1, 0.15) is 90.9 Å². The van der Waals surface area contributed by atoms with Crippen LogP contribution in [0.2, 0.25) is 0 Å². The van der Waals surface area contributed by atoms with Gasteiger partial charge >= 0.3 is 23.1 Å².